The first kappa shape index (κ1) is 15.1. The number of benzene rings is 1. The first-order valence-electron chi connectivity index (χ1n) is 8.45. The Labute approximate surface area is 131 Å². The van der Waals surface area contributed by atoms with Gasteiger partial charge in [-0.2, -0.15) is 0 Å². The summed E-state index contributed by atoms with van der Waals surface area (Å²) in [6, 6.07) is 8.34. The number of aromatic nitrogens is 2. The lowest BCUT2D eigenvalue weighted by Gasteiger charge is -2.21. The van der Waals surface area contributed by atoms with Crippen LogP contribution >= 0.6 is 0 Å². The number of imidazole rings is 1. The number of carbonyl (C=O) groups is 1. The van der Waals surface area contributed by atoms with E-state index in [-0.39, 0.29) is 5.91 Å². The summed E-state index contributed by atoms with van der Waals surface area (Å²) < 4.78 is 2.01. The molecule has 1 amide bonds. The lowest BCUT2D eigenvalue weighted by molar-refractivity contribution is -0.122. The van der Waals surface area contributed by atoms with E-state index in [0.29, 0.717) is 12.6 Å². The highest BCUT2D eigenvalue weighted by atomic mass is 16.2. The van der Waals surface area contributed by atoms with Crippen LogP contribution in [0.25, 0.3) is 11.0 Å². The van der Waals surface area contributed by atoms with E-state index in [1.165, 1.54) is 32.1 Å². The van der Waals surface area contributed by atoms with E-state index in [1.54, 1.807) is 0 Å². The number of hydrogen-bond donors (Lipinski definition) is 1. The zero-order chi connectivity index (χ0) is 15.4. The van der Waals surface area contributed by atoms with Crippen molar-refractivity contribution in [2.45, 2.75) is 64.5 Å². The zero-order valence-corrected chi connectivity index (χ0v) is 13.3. The van der Waals surface area contributed by atoms with E-state index < -0.39 is 0 Å². The number of amides is 1. The van der Waals surface area contributed by atoms with Crippen molar-refractivity contribution in [2.75, 3.05) is 0 Å². The number of rotatable bonds is 3. The Morgan fingerprint density at radius 1 is 1.18 bits per heavy atom. The smallest absolute Gasteiger partial charge is 0.240 e. The monoisotopic (exact) mass is 299 g/mol. The highest BCUT2D eigenvalue weighted by Crippen LogP contribution is 2.18. The summed E-state index contributed by atoms with van der Waals surface area (Å²) in [6.07, 6.45) is 8.66. The first-order chi connectivity index (χ1) is 10.7. The van der Waals surface area contributed by atoms with Gasteiger partial charge in [0.25, 0.3) is 0 Å². The van der Waals surface area contributed by atoms with Gasteiger partial charge in [-0.25, -0.2) is 4.98 Å². The maximum atomic E-state index is 12.4. The largest absolute Gasteiger partial charge is 0.352 e. The molecule has 4 heteroatoms. The second-order valence-electron chi connectivity index (χ2n) is 6.34. The molecular weight excluding hydrogens is 274 g/mol. The highest BCUT2D eigenvalue weighted by Gasteiger charge is 2.16. The predicted molar refractivity (Wildman–Crippen MR) is 88.7 cm³/mol. The molecule has 118 valence electrons. The van der Waals surface area contributed by atoms with Crippen LogP contribution in [0.5, 0.6) is 0 Å². The summed E-state index contributed by atoms with van der Waals surface area (Å²) in [6.45, 7) is 2.33. The third kappa shape index (κ3) is 3.49. The summed E-state index contributed by atoms with van der Waals surface area (Å²) in [5.41, 5.74) is 1.99. The van der Waals surface area contributed by atoms with Gasteiger partial charge in [0.2, 0.25) is 5.91 Å². The van der Waals surface area contributed by atoms with Gasteiger partial charge in [-0.05, 0) is 31.9 Å². The van der Waals surface area contributed by atoms with Gasteiger partial charge in [-0.1, -0.05) is 44.2 Å². The molecule has 1 aliphatic carbocycles. The van der Waals surface area contributed by atoms with Gasteiger partial charge in [-0.3, -0.25) is 4.79 Å². The van der Waals surface area contributed by atoms with Crippen LogP contribution in [0, 0.1) is 6.92 Å². The zero-order valence-electron chi connectivity index (χ0n) is 13.3. The van der Waals surface area contributed by atoms with Gasteiger partial charge in [0.15, 0.2) is 0 Å². The number of nitrogens with one attached hydrogen (secondary N) is 1. The van der Waals surface area contributed by atoms with Crippen molar-refractivity contribution in [1.29, 1.82) is 0 Å². The van der Waals surface area contributed by atoms with Crippen molar-refractivity contribution in [3.8, 4) is 0 Å². The van der Waals surface area contributed by atoms with Crippen LogP contribution in [0.2, 0.25) is 0 Å². The van der Waals surface area contributed by atoms with E-state index >= 15 is 0 Å². The SMILES string of the molecule is Cc1nc2ccccc2n1CC(=O)NC1CCCCCCC1. The van der Waals surface area contributed by atoms with Crippen LogP contribution in [0.1, 0.15) is 50.8 Å². The number of hydrogen-bond acceptors (Lipinski definition) is 2. The molecular formula is C18H25N3O. The lowest BCUT2D eigenvalue weighted by Crippen LogP contribution is -2.37. The number of para-hydroxylation sites is 2. The van der Waals surface area contributed by atoms with E-state index in [0.717, 1.165) is 29.7 Å². The lowest BCUT2D eigenvalue weighted by atomic mass is 9.97. The van der Waals surface area contributed by atoms with Crippen LogP contribution in [0.4, 0.5) is 0 Å². The highest BCUT2D eigenvalue weighted by molar-refractivity contribution is 5.81. The Hall–Kier alpha value is -1.84. The molecule has 0 unspecified atom stereocenters. The summed E-state index contributed by atoms with van der Waals surface area (Å²) in [5.74, 6) is 1.01. The molecule has 1 aromatic heterocycles. The molecule has 0 bridgehead atoms. The molecule has 1 aliphatic rings. The summed E-state index contributed by atoms with van der Waals surface area (Å²) >= 11 is 0. The first-order valence-corrected chi connectivity index (χ1v) is 8.45. The second kappa shape index (κ2) is 6.95. The van der Waals surface area contributed by atoms with Gasteiger partial charge in [-0.15, -0.1) is 0 Å². The predicted octanol–water partition coefficient (Wildman–Crippen LogP) is 3.57. The maximum absolute atomic E-state index is 12.4. The molecule has 0 aliphatic heterocycles. The van der Waals surface area contributed by atoms with E-state index in [4.69, 9.17) is 0 Å². The van der Waals surface area contributed by atoms with Crippen molar-refractivity contribution in [1.82, 2.24) is 14.9 Å². The molecule has 0 radical (unpaired) electrons. The van der Waals surface area contributed by atoms with E-state index in [9.17, 15) is 4.79 Å². The van der Waals surface area contributed by atoms with Crippen LogP contribution in [0.3, 0.4) is 0 Å². The molecule has 1 saturated carbocycles. The Kier molecular flexibility index (Phi) is 4.76. The van der Waals surface area contributed by atoms with E-state index in [1.807, 2.05) is 35.8 Å². The molecule has 1 aromatic carbocycles. The fraction of sp³-hybridized carbons (Fsp3) is 0.556. The van der Waals surface area contributed by atoms with Gasteiger partial charge in [0.1, 0.15) is 12.4 Å². The average Bonchev–Trinajstić information content (AvgIpc) is 2.78. The standard InChI is InChI=1S/C18H25N3O/c1-14-19-16-11-7-8-12-17(16)21(14)13-18(22)20-15-9-5-3-2-4-6-10-15/h7-8,11-12,15H,2-6,9-10,13H2,1H3,(H,20,22). The van der Waals surface area contributed by atoms with E-state index in [2.05, 4.69) is 10.3 Å². The molecule has 3 rings (SSSR count). The number of nitrogens with zero attached hydrogens (tertiary/aromatic N) is 2. The number of fused-ring (bicyclic) bond motifs is 1. The molecule has 1 fully saturated rings. The van der Waals surface area contributed by atoms with Gasteiger partial charge < -0.3 is 9.88 Å². The maximum Gasteiger partial charge on any atom is 0.240 e. The van der Waals surface area contributed by atoms with Crippen molar-refractivity contribution >= 4 is 16.9 Å². The fourth-order valence-electron chi connectivity index (χ4n) is 3.41. The normalized spacial score (nSPS) is 17.1. The minimum absolute atomic E-state index is 0.108. The van der Waals surface area contributed by atoms with Crippen molar-refractivity contribution in [2.24, 2.45) is 0 Å². The van der Waals surface area contributed by atoms with Gasteiger partial charge in [0.05, 0.1) is 11.0 Å². The van der Waals surface area contributed by atoms with Gasteiger partial charge in [0, 0.05) is 6.04 Å². The van der Waals surface area contributed by atoms with Crippen LogP contribution in [-0.2, 0) is 11.3 Å². The van der Waals surface area contributed by atoms with Gasteiger partial charge >= 0.3 is 0 Å². The summed E-state index contributed by atoms with van der Waals surface area (Å²) in [7, 11) is 0. The minimum Gasteiger partial charge on any atom is -0.352 e. The molecule has 4 nitrogen and oxygen atoms in total. The molecule has 1 heterocycles. The Bertz CT molecular complexity index is 639. The summed E-state index contributed by atoms with van der Waals surface area (Å²) in [5, 5.41) is 3.23. The molecule has 0 saturated heterocycles. The van der Waals surface area contributed by atoms with Crippen molar-refractivity contribution < 1.29 is 4.79 Å². The number of carbonyl (C=O) groups excluding carboxylic acids is 1. The molecule has 1 N–H and O–H groups in total. The Morgan fingerprint density at radius 2 is 1.86 bits per heavy atom. The molecule has 22 heavy (non-hydrogen) atoms. The van der Waals surface area contributed by atoms with Crippen LogP contribution in [0.15, 0.2) is 24.3 Å². The topological polar surface area (TPSA) is 46.9 Å². The second-order valence-corrected chi connectivity index (χ2v) is 6.34. The van der Waals surface area contributed by atoms with Crippen LogP contribution in [-0.4, -0.2) is 21.5 Å². The molecule has 0 atom stereocenters. The third-order valence-electron chi connectivity index (χ3n) is 4.62. The molecule has 2 aromatic rings. The van der Waals surface area contributed by atoms with Crippen molar-refractivity contribution in [3.63, 3.8) is 0 Å². The molecule has 0 spiro atoms. The van der Waals surface area contributed by atoms with Crippen LogP contribution < -0.4 is 5.32 Å². The number of aryl methyl sites for hydroxylation is 1. The Balaban J connectivity index is 1.66. The average molecular weight is 299 g/mol. The third-order valence-corrected chi connectivity index (χ3v) is 4.62. The van der Waals surface area contributed by atoms with Crippen molar-refractivity contribution in [3.05, 3.63) is 30.1 Å². The fourth-order valence-corrected chi connectivity index (χ4v) is 3.41. The quantitative estimate of drug-likeness (QED) is 0.941. The Morgan fingerprint density at radius 3 is 2.64 bits per heavy atom. The summed E-state index contributed by atoms with van der Waals surface area (Å²) in [4.78, 5) is 16.9. The minimum atomic E-state index is 0.108.